The SMILES string of the molecule is NC(=O)CN1CCCN(C(=O)C2CNCCO2)CC1. The first-order chi connectivity index (χ1) is 9.16. The van der Waals surface area contributed by atoms with Gasteiger partial charge >= 0.3 is 0 Å². The van der Waals surface area contributed by atoms with Crippen LogP contribution in [-0.4, -0.2) is 80.1 Å². The predicted molar refractivity (Wildman–Crippen MR) is 69.4 cm³/mol. The van der Waals surface area contributed by atoms with Crippen molar-refractivity contribution in [3.8, 4) is 0 Å². The Morgan fingerprint density at radius 1 is 1.26 bits per heavy atom. The molecule has 2 aliphatic rings. The van der Waals surface area contributed by atoms with Gasteiger partial charge in [-0.1, -0.05) is 0 Å². The summed E-state index contributed by atoms with van der Waals surface area (Å²) in [6.45, 7) is 5.07. The van der Waals surface area contributed by atoms with Gasteiger partial charge in [0, 0.05) is 39.3 Å². The van der Waals surface area contributed by atoms with Gasteiger partial charge in [0.1, 0.15) is 6.10 Å². The number of hydrogen-bond acceptors (Lipinski definition) is 5. The summed E-state index contributed by atoms with van der Waals surface area (Å²) in [5, 5.41) is 3.16. The largest absolute Gasteiger partial charge is 0.369 e. The molecule has 2 fully saturated rings. The van der Waals surface area contributed by atoms with Gasteiger partial charge in [-0.05, 0) is 6.42 Å². The quantitative estimate of drug-likeness (QED) is 0.619. The molecule has 7 nitrogen and oxygen atoms in total. The highest BCUT2D eigenvalue weighted by Gasteiger charge is 2.28. The minimum Gasteiger partial charge on any atom is -0.369 e. The molecule has 7 heteroatoms. The first-order valence-corrected chi connectivity index (χ1v) is 6.78. The van der Waals surface area contributed by atoms with Crippen LogP contribution in [0.4, 0.5) is 0 Å². The molecule has 0 aliphatic carbocycles. The maximum Gasteiger partial charge on any atom is 0.253 e. The molecule has 0 aromatic heterocycles. The van der Waals surface area contributed by atoms with Crippen LogP contribution >= 0.6 is 0 Å². The minimum atomic E-state index is -0.364. The van der Waals surface area contributed by atoms with Crippen molar-refractivity contribution < 1.29 is 14.3 Å². The number of morpholine rings is 1. The zero-order chi connectivity index (χ0) is 13.7. The van der Waals surface area contributed by atoms with E-state index in [0.717, 1.165) is 19.5 Å². The van der Waals surface area contributed by atoms with Crippen LogP contribution in [0.2, 0.25) is 0 Å². The van der Waals surface area contributed by atoms with Gasteiger partial charge in [0.2, 0.25) is 5.91 Å². The van der Waals surface area contributed by atoms with Gasteiger partial charge in [0.05, 0.1) is 13.2 Å². The fraction of sp³-hybridized carbons (Fsp3) is 0.833. The number of carbonyl (C=O) groups is 2. The van der Waals surface area contributed by atoms with Gasteiger partial charge in [0.15, 0.2) is 0 Å². The monoisotopic (exact) mass is 270 g/mol. The van der Waals surface area contributed by atoms with Gasteiger partial charge < -0.3 is 20.7 Å². The molecule has 1 unspecified atom stereocenters. The summed E-state index contributed by atoms with van der Waals surface area (Å²) in [6, 6.07) is 0. The first-order valence-electron chi connectivity index (χ1n) is 6.78. The fourth-order valence-corrected chi connectivity index (χ4v) is 2.50. The van der Waals surface area contributed by atoms with Crippen LogP contribution in [0.25, 0.3) is 0 Å². The van der Waals surface area contributed by atoms with E-state index in [-0.39, 0.29) is 24.5 Å². The van der Waals surface area contributed by atoms with Crippen LogP contribution in [0.5, 0.6) is 0 Å². The molecule has 0 bridgehead atoms. The number of carbonyl (C=O) groups excluding carboxylic acids is 2. The summed E-state index contributed by atoms with van der Waals surface area (Å²) in [6.07, 6.45) is 0.496. The van der Waals surface area contributed by atoms with E-state index in [4.69, 9.17) is 10.5 Å². The Bertz CT molecular complexity index is 331. The highest BCUT2D eigenvalue weighted by Crippen LogP contribution is 2.07. The molecule has 0 saturated carbocycles. The Hall–Kier alpha value is -1.18. The Labute approximate surface area is 113 Å². The zero-order valence-corrected chi connectivity index (χ0v) is 11.1. The molecule has 2 rings (SSSR count). The first kappa shape index (κ1) is 14.2. The van der Waals surface area contributed by atoms with Crippen molar-refractivity contribution in [1.82, 2.24) is 15.1 Å². The second-order valence-corrected chi connectivity index (χ2v) is 4.98. The number of ether oxygens (including phenoxy) is 1. The maximum atomic E-state index is 12.3. The maximum absolute atomic E-state index is 12.3. The van der Waals surface area contributed by atoms with E-state index >= 15 is 0 Å². The van der Waals surface area contributed by atoms with Crippen molar-refractivity contribution in [3.63, 3.8) is 0 Å². The Kier molecular flexibility index (Phi) is 5.12. The van der Waals surface area contributed by atoms with Crippen LogP contribution in [-0.2, 0) is 14.3 Å². The molecule has 2 saturated heterocycles. The van der Waals surface area contributed by atoms with Gasteiger partial charge in [-0.25, -0.2) is 0 Å². The number of hydrogen-bond donors (Lipinski definition) is 2. The second-order valence-electron chi connectivity index (χ2n) is 4.98. The average molecular weight is 270 g/mol. The lowest BCUT2D eigenvalue weighted by Crippen LogP contribution is -2.50. The molecule has 1 atom stereocenters. The highest BCUT2D eigenvalue weighted by molar-refractivity contribution is 5.81. The second kappa shape index (κ2) is 6.83. The molecule has 3 N–H and O–H groups in total. The summed E-state index contributed by atoms with van der Waals surface area (Å²) >= 11 is 0. The third-order valence-electron chi connectivity index (χ3n) is 3.48. The van der Waals surface area contributed by atoms with Gasteiger partial charge in [-0.3, -0.25) is 14.5 Å². The number of primary amides is 1. The highest BCUT2D eigenvalue weighted by atomic mass is 16.5. The van der Waals surface area contributed by atoms with Gasteiger partial charge in [-0.2, -0.15) is 0 Å². The molecular formula is C12H22N4O3. The van der Waals surface area contributed by atoms with E-state index in [1.807, 2.05) is 9.80 Å². The van der Waals surface area contributed by atoms with Crippen molar-refractivity contribution >= 4 is 11.8 Å². The Morgan fingerprint density at radius 3 is 2.79 bits per heavy atom. The lowest BCUT2D eigenvalue weighted by molar-refractivity contribution is -0.145. The molecule has 0 radical (unpaired) electrons. The van der Waals surface area contributed by atoms with Crippen LogP contribution in [0.3, 0.4) is 0 Å². The van der Waals surface area contributed by atoms with Crippen LogP contribution in [0, 0.1) is 0 Å². The number of rotatable bonds is 3. The normalized spacial score (nSPS) is 25.9. The smallest absolute Gasteiger partial charge is 0.253 e. The van der Waals surface area contributed by atoms with E-state index in [1.54, 1.807) is 0 Å². The average Bonchev–Trinajstić information content (AvgIpc) is 2.64. The molecule has 2 amide bonds. The lowest BCUT2D eigenvalue weighted by Gasteiger charge is -2.29. The van der Waals surface area contributed by atoms with Crippen molar-refractivity contribution in [2.75, 3.05) is 52.4 Å². The minimum absolute atomic E-state index is 0.0492. The molecule has 2 heterocycles. The molecule has 0 aromatic rings. The van der Waals surface area contributed by atoms with Crippen molar-refractivity contribution in [1.29, 1.82) is 0 Å². The summed E-state index contributed by atoms with van der Waals surface area (Å²) in [4.78, 5) is 27.0. The molecule has 0 spiro atoms. The molecule has 0 aromatic carbocycles. The van der Waals surface area contributed by atoms with Crippen molar-refractivity contribution in [2.45, 2.75) is 12.5 Å². The van der Waals surface area contributed by atoms with Gasteiger partial charge in [0.25, 0.3) is 5.91 Å². The summed E-state index contributed by atoms with van der Waals surface area (Å²) in [7, 11) is 0. The van der Waals surface area contributed by atoms with Crippen LogP contribution in [0.1, 0.15) is 6.42 Å². The summed E-state index contributed by atoms with van der Waals surface area (Å²) < 4.78 is 5.48. The number of nitrogens with one attached hydrogen (secondary N) is 1. The topological polar surface area (TPSA) is 87.9 Å². The standard InChI is InChI=1S/C12H22N4O3/c13-11(17)9-15-3-1-4-16(6-5-15)12(18)10-8-14-2-7-19-10/h10,14H,1-9H2,(H2,13,17). The third-order valence-corrected chi connectivity index (χ3v) is 3.48. The van der Waals surface area contributed by atoms with E-state index < -0.39 is 0 Å². The number of nitrogens with two attached hydrogens (primary N) is 1. The van der Waals surface area contributed by atoms with E-state index in [0.29, 0.717) is 32.8 Å². The lowest BCUT2D eigenvalue weighted by atomic mass is 10.2. The molecule has 108 valence electrons. The number of amides is 2. The third kappa shape index (κ3) is 4.15. The van der Waals surface area contributed by atoms with E-state index in [1.165, 1.54) is 0 Å². The Balaban J connectivity index is 1.84. The summed E-state index contributed by atoms with van der Waals surface area (Å²) in [5.74, 6) is -0.271. The predicted octanol–water partition coefficient (Wildman–Crippen LogP) is -2.01. The van der Waals surface area contributed by atoms with Crippen molar-refractivity contribution in [2.24, 2.45) is 5.73 Å². The molecular weight excluding hydrogens is 248 g/mol. The fourth-order valence-electron chi connectivity index (χ4n) is 2.50. The van der Waals surface area contributed by atoms with Crippen molar-refractivity contribution in [3.05, 3.63) is 0 Å². The van der Waals surface area contributed by atoms with Crippen LogP contribution < -0.4 is 11.1 Å². The number of nitrogens with zero attached hydrogens (tertiary/aromatic N) is 2. The summed E-state index contributed by atoms with van der Waals surface area (Å²) in [5.41, 5.74) is 5.20. The molecule has 19 heavy (non-hydrogen) atoms. The Morgan fingerprint density at radius 2 is 2.11 bits per heavy atom. The van der Waals surface area contributed by atoms with Gasteiger partial charge in [-0.15, -0.1) is 0 Å². The van der Waals surface area contributed by atoms with E-state index in [2.05, 4.69) is 5.32 Å². The zero-order valence-electron chi connectivity index (χ0n) is 11.1. The molecule has 2 aliphatic heterocycles. The van der Waals surface area contributed by atoms with Crippen LogP contribution in [0.15, 0.2) is 0 Å². The van der Waals surface area contributed by atoms with E-state index in [9.17, 15) is 9.59 Å².